The number of carbonyl (C=O) groups excluding carboxylic acids is 2. The molecule has 0 atom stereocenters. The summed E-state index contributed by atoms with van der Waals surface area (Å²) in [6.07, 6.45) is 1.32. The molecule has 1 saturated heterocycles. The van der Waals surface area contributed by atoms with E-state index in [1.807, 2.05) is 6.92 Å². The van der Waals surface area contributed by atoms with Crippen LogP contribution in [0.25, 0.3) is 0 Å². The molecule has 1 aliphatic heterocycles. The third-order valence-corrected chi connectivity index (χ3v) is 3.33. The van der Waals surface area contributed by atoms with Crippen LogP contribution in [0.5, 0.6) is 0 Å². The Balaban J connectivity index is 1.89. The Labute approximate surface area is 112 Å². The van der Waals surface area contributed by atoms with E-state index < -0.39 is 0 Å². The molecule has 0 spiro atoms. The van der Waals surface area contributed by atoms with Crippen molar-refractivity contribution in [3.63, 3.8) is 0 Å². The minimum atomic E-state index is -0.148. The molecule has 2 heterocycles. The molecule has 19 heavy (non-hydrogen) atoms. The van der Waals surface area contributed by atoms with E-state index in [4.69, 9.17) is 4.74 Å². The number of aryl methyl sites for hydroxylation is 1. The van der Waals surface area contributed by atoms with Crippen LogP contribution in [0.4, 0.5) is 0 Å². The minimum Gasteiger partial charge on any atom is -0.466 e. The summed E-state index contributed by atoms with van der Waals surface area (Å²) in [4.78, 5) is 25.5. The van der Waals surface area contributed by atoms with E-state index in [2.05, 4.69) is 10.2 Å². The average molecular weight is 265 g/mol. The molecule has 0 saturated carbocycles. The van der Waals surface area contributed by atoms with Crippen LogP contribution in [0.1, 0.15) is 35.9 Å². The van der Waals surface area contributed by atoms with Crippen molar-refractivity contribution in [1.29, 1.82) is 0 Å². The van der Waals surface area contributed by atoms with Gasteiger partial charge in [-0.2, -0.15) is 5.10 Å². The first-order valence-corrected chi connectivity index (χ1v) is 6.59. The second-order valence-corrected chi connectivity index (χ2v) is 4.75. The predicted molar refractivity (Wildman–Crippen MR) is 68.6 cm³/mol. The lowest BCUT2D eigenvalue weighted by Gasteiger charge is -2.30. The first kappa shape index (κ1) is 13.6. The lowest BCUT2D eigenvalue weighted by atomic mass is 9.97. The van der Waals surface area contributed by atoms with Crippen LogP contribution < -0.4 is 0 Å². The van der Waals surface area contributed by atoms with Gasteiger partial charge in [0.15, 0.2) is 0 Å². The van der Waals surface area contributed by atoms with Crippen molar-refractivity contribution < 1.29 is 14.3 Å². The Morgan fingerprint density at radius 1 is 1.47 bits per heavy atom. The summed E-state index contributed by atoms with van der Waals surface area (Å²) in [5.41, 5.74) is 1.30. The zero-order valence-corrected chi connectivity index (χ0v) is 11.3. The highest BCUT2D eigenvalue weighted by Crippen LogP contribution is 2.20. The van der Waals surface area contributed by atoms with E-state index in [9.17, 15) is 9.59 Å². The zero-order chi connectivity index (χ0) is 13.8. The van der Waals surface area contributed by atoms with Crippen LogP contribution >= 0.6 is 0 Å². The normalized spacial score (nSPS) is 16.4. The second-order valence-electron chi connectivity index (χ2n) is 4.75. The van der Waals surface area contributed by atoms with E-state index in [0.29, 0.717) is 38.2 Å². The summed E-state index contributed by atoms with van der Waals surface area (Å²) in [5, 5.41) is 6.73. The fourth-order valence-electron chi connectivity index (χ4n) is 2.27. The second kappa shape index (κ2) is 5.86. The van der Waals surface area contributed by atoms with Gasteiger partial charge in [0.05, 0.1) is 12.5 Å². The van der Waals surface area contributed by atoms with Gasteiger partial charge in [-0.25, -0.2) is 0 Å². The maximum absolute atomic E-state index is 12.1. The Morgan fingerprint density at radius 3 is 2.68 bits per heavy atom. The molecule has 1 N–H and O–H groups in total. The van der Waals surface area contributed by atoms with Crippen molar-refractivity contribution in [3.8, 4) is 0 Å². The molecular formula is C13H19N3O3. The van der Waals surface area contributed by atoms with Gasteiger partial charge in [-0.1, -0.05) is 0 Å². The number of likely N-dealkylation sites (tertiary alicyclic amines) is 1. The monoisotopic (exact) mass is 265 g/mol. The molecule has 1 aliphatic rings. The first-order chi connectivity index (χ1) is 9.11. The Hall–Kier alpha value is -1.85. The van der Waals surface area contributed by atoms with E-state index in [1.54, 1.807) is 17.9 Å². The van der Waals surface area contributed by atoms with Crippen molar-refractivity contribution in [2.24, 2.45) is 5.92 Å². The molecule has 1 fully saturated rings. The minimum absolute atomic E-state index is 0.0772. The summed E-state index contributed by atoms with van der Waals surface area (Å²) < 4.78 is 5.01. The van der Waals surface area contributed by atoms with Crippen molar-refractivity contribution in [2.45, 2.75) is 26.7 Å². The number of H-pyrrole nitrogens is 1. The molecule has 104 valence electrons. The SMILES string of the molecule is CCOC(=O)C1CCN(C(=O)c2cc(C)[nH]n2)CC1. The van der Waals surface area contributed by atoms with Crippen molar-refractivity contribution in [1.82, 2.24) is 15.1 Å². The van der Waals surface area contributed by atoms with Crippen molar-refractivity contribution in [3.05, 3.63) is 17.5 Å². The quantitative estimate of drug-likeness (QED) is 0.831. The van der Waals surface area contributed by atoms with Gasteiger partial charge in [0.1, 0.15) is 5.69 Å². The highest BCUT2D eigenvalue weighted by molar-refractivity contribution is 5.92. The van der Waals surface area contributed by atoms with Gasteiger partial charge < -0.3 is 9.64 Å². The molecule has 0 unspecified atom stereocenters. The van der Waals surface area contributed by atoms with Gasteiger partial charge in [-0.15, -0.1) is 0 Å². The number of esters is 1. The third kappa shape index (κ3) is 3.13. The fourth-order valence-corrected chi connectivity index (χ4v) is 2.27. The summed E-state index contributed by atoms with van der Waals surface area (Å²) >= 11 is 0. The molecule has 1 aromatic rings. The summed E-state index contributed by atoms with van der Waals surface area (Å²) in [6.45, 7) is 5.22. The highest BCUT2D eigenvalue weighted by Gasteiger charge is 2.29. The van der Waals surface area contributed by atoms with Gasteiger partial charge in [0.2, 0.25) is 0 Å². The van der Waals surface area contributed by atoms with Crippen LogP contribution in [0.3, 0.4) is 0 Å². The summed E-state index contributed by atoms with van der Waals surface area (Å²) in [7, 11) is 0. The Kier molecular flexibility index (Phi) is 4.19. The van der Waals surface area contributed by atoms with E-state index in [0.717, 1.165) is 5.69 Å². The Bertz CT molecular complexity index is 461. The first-order valence-electron chi connectivity index (χ1n) is 6.59. The van der Waals surface area contributed by atoms with E-state index in [1.165, 1.54) is 0 Å². The number of nitrogens with one attached hydrogen (secondary N) is 1. The van der Waals surface area contributed by atoms with Gasteiger partial charge in [0.25, 0.3) is 5.91 Å². The topological polar surface area (TPSA) is 75.3 Å². The van der Waals surface area contributed by atoms with Crippen LogP contribution in [0.15, 0.2) is 6.07 Å². The van der Waals surface area contributed by atoms with Gasteiger partial charge in [0, 0.05) is 18.8 Å². The molecule has 0 aliphatic carbocycles. The molecule has 1 aromatic heterocycles. The summed E-state index contributed by atoms with van der Waals surface area (Å²) in [6, 6.07) is 1.74. The lowest BCUT2D eigenvalue weighted by Crippen LogP contribution is -2.40. The summed E-state index contributed by atoms with van der Waals surface area (Å²) in [5.74, 6) is -0.304. The molecule has 0 aromatic carbocycles. The van der Waals surface area contributed by atoms with Crippen molar-refractivity contribution in [2.75, 3.05) is 19.7 Å². The number of hydrogen-bond acceptors (Lipinski definition) is 4. The molecule has 6 heteroatoms. The van der Waals surface area contributed by atoms with Crippen LogP contribution in [0.2, 0.25) is 0 Å². The standard InChI is InChI=1S/C13H19N3O3/c1-3-19-13(18)10-4-6-16(7-5-10)12(17)11-8-9(2)14-15-11/h8,10H,3-7H2,1-2H3,(H,14,15). The molecule has 0 radical (unpaired) electrons. The van der Waals surface area contributed by atoms with Gasteiger partial charge >= 0.3 is 5.97 Å². The number of aromatic nitrogens is 2. The van der Waals surface area contributed by atoms with Gasteiger partial charge in [-0.3, -0.25) is 14.7 Å². The number of hydrogen-bond donors (Lipinski definition) is 1. The van der Waals surface area contributed by atoms with Crippen LogP contribution in [0, 0.1) is 12.8 Å². The number of amides is 1. The smallest absolute Gasteiger partial charge is 0.309 e. The molecule has 1 amide bonds. The zero-order valence-electron chi connectivity index (χ0n) is 11.3. The van der Waals surface area contributed by atoms with Crippen LogP contribution in [-0.4, -0.2) is 46.7 Å². The van der Waals surface area contributed by atoms with Crippen LogP contribution in [-0.2, 0) is 9.53 Å². The number of piperidine rings is 1. The number of ether oxygens (including phenoxy) is 1. The highest BCUT2D eigenvalue weighted by atomic mass is 16.5. The number of nitrogens with zero attached hydrogens (tertiary/aromatic N) is 2. The fraction of sp³-hybridized carbons (Fsp3) is 0.615. The number of rotatable bonds is 3. The molecule has 2 rings (SSSR count). The van der Waals surface area contributed by atoms with Crippen molar-refractivity contribution >= 4 is 11.9 Å². The maximum atomic E-state index is 12.1. The third-order valence-electron chi connectivity index (χ3n) is 3.33. The van der Waals surface area contributed by atoms with Gasteiger partial charge in [-0.05, 0) is 32.8 Å². The average Bonchev–Trinajstić information content (AvgIpc) is 2.85. The molecule has 0 bridgehead atoms. The Morgan fingerprint density at radius 2 is 2.16 bits per heavy atom. The predicted octanol–water partition coefficient (Wildman–Crippen LogP) is 1.13. The van der Waals surface area contributed by atoms with E-state index in [-0.39, 0.29) is 17.8 Å². The van der Waals surface area contributed by atoms with E-state index >= 15 is 0 Å². The largest absolute Gasteiger partial charge is 0.466 e. The number of carbonyl (C=O) groups is 2. The maximum Gasteiger partial charge on any atom is 0.309 e. The lowest BCUT2D eigenvalue weighted by molar-refractivity contribution is -0.149. The molecular weight excluding hydrogens is 246 g/mol. The molecule has 6 nitrogen and oxygen atoms in total. The number of aromatic amines is 1.